The van der Waals surface area contributed by atoms with Gasteiger partial charge in [0, 0.05) is 16.1 Å². The molecule has 1 aromatic heterocycles. The molecule has 0 saturated heterocycles. The Morgan fingerprint density at radius 2 is 1.70 bits per heavy atom. The Morgan fingerprint density at radius 3 is 2.50 bits per heavy atom. The summed E-state index contributed by atoms with van der Waals surface area (Å²) in [6, 6.07) is 18.2. The number of fused-ring (bicyclic) bond motifs is 1. The number of para-hydroxylation sites is 1. The molecule has 154 valence electrons. The van der Waals surface area contributed by atoms with Crippen LogP contribution in [0.5, 0.6) is 0 Å². The number of aryl methyl sites for hydroxylation is 1. The first-order valence-corrected chi connectivity index (χ1v) is 11.3. The smallest absolute Gasteiger partial charge is 0.341 e. The average molecular weight is 437 g/mol. The summed E-state index contributed by atoms with van der Waals surface area (Å²) in [6.07, 6.45) is 5.36. The number of carbonyl (C=O) groups excluding carboxylic acids is 1. The van der Waals surface area contributed by atoms with Gasteiger partial charge in [-0.2, -0.15) is 0 Å². The van der Waals surface area contributed by atoms with Crippen LogP contribution in [0.4, 0.5) is 10.7 Å². The maximum Gasteiger partial charge on any atom is 0.341 e. The topological polar surface area (TPSA) is 50.4 Å². The van der Waals surface area contributed by atoms with Crippen LogP contribution in [-0.2, 0) is 17.6 Å². The molecule has 0 fully saturated rings. The Labute approximate surface area is 186 Å². The standard InChI is InChI=1S/C24H24N2O2S2/c1-28-23(27)21-18-13-6-3-7-15-20(18)30-22(21)26-24(29)25-19-14-9-8-12-17(19)16-10-4-2-5-11-16/h2,4-5,8-12,14H,3,6-7,13,15H2,1H3,(H2,25,26,29). The van der Waals surface area contributed by atoms with Crippen LogP contribution in [0.1, 0.15) is 40.1 Å². The molecular weight excluding hydrogens is 412 g/mol. The Morgan fingerprint density at radius 1 is 0.967 bits per heavy atom. The van der Waals surface area contributed by atoms with Crippen LogP contribution in [0.3, 0.4) is 0 Å². The molecule has 3 aromatic rings. The van der Waals surface area contributed by atoms with E-state index in [1.54, 1.807) is 11.3 Å². The molecule has 30 heavy (non-hydrogen) atoms. The van der Waals surface area contributed by atoms with Crippen LogP contribution in [0.15, 0.2) is 54.6 Å². The van der Waals surface area contributed by atoms with Gasteiger partial charge in [0.15, 0.2) is 5.11 Å². The first kappa shape index (κ1) is 20.6. The zero-order chi connectivity index (χ0) is 20.9. The van der Waals surface area contributed by atoms with Crippen molar-refractivity contribution in [2.24, 2.45) is 0 Å². The van der Waals surface area contributed by atoms with Crippen LogP contribution < -0.4 is 10.6 Å². The number of rotatable bonds is 4. The number of esters is 1. The van der Waals surface area contributed by atoms with Crippen molar-refractivity contribution in [2.75, 3.05) is 17.7 Å². The van der Waals surface area contributed by atoms with Crippen molar-refractivity contribution in [3.63, 3.8) is 0 Å². The van der Waals surface area contributed by atoms with E-state index >= 15 is 0 Å². The van der Waals surface area contributed by atoms with Gasteiger partial charge in [-0.1, -0.05) is 55.0 Å². The van der Waals surface area contributed by atoms with E-state index < -0.39 is 0 Å². The van der Waals surface area contributed by atoms with Crippen molar-refractivity contribution in [1.29, 1.82) is 0 Å². The molecule has 0 atom stereocenters. The summed E-state index contributed by atoms with van der Waals surface area (Å²) >= 11 is 7.23. The molecule has 2 aromatic carbocycles. The van der Waals surface area contributed by atoms with E-state index in [-0.39, 0.29) is 5.97 Å². The molecule has 0 bridgehead atoms. The van der Waals surface area contributed by atoms with Crippen molar-refractivity contribution in [1.82, 2.24) is 0 Å². The minimum absolute atomic E-state index is 0.301. The molecule has 1 aliphatic rings. The third-order valence-corrected chi connectivity index (χ3v) is 6.71. The second-order valence-corrected chi connectivity index (χ2v) is 8.76. The summed E-state index contributed by atoms with van der Waals surface area (Å²) < 4.78 is 5.08. The van der Waals surface area contributed by atoms with Crippen LogP contribution in [0.2, 0.25) is 0 Å². The van der Waals surface area contributed by atoms with E-state index in [0.717, 1.165) is 53.1 Å². The summed E-state index contributed by atoms with van der Waals surface area (Å²) in [4.78, 5) is 13.8. The lowest BCUT2D eigenvalue weighted by atomic mass is 10.0. The molecule has 0 unspecified atom stereocenters. The molecule has 0 radical (unpaired) electrons. The molecule has 6 heteroatoms. The molecule has 0 spiro atoms. The third-order valence-electron chi connectivity index (χ3n) is 5.30. The Bertz CT molecular complexity index is 1060. The van der Waals surface area contributed by atoms with E-state index in [1.165, 1.54) is 18.4 Å². The minimum Gasteiger partial charge on any atom is -0.465 e. The van der Waals surface area contributed by atoms with Crippen LogP contribution >= 0.6 is 23.6 Å². The number of benzene rings is 2. The zero-order valence-electron chi connectivity index (χ0n) is 16.9. The molecular formula is C24H24N2O2S2. The number of carbonyl (C=O) groups is 1. The predicted octanol–water partition coefficient (Wildman–Crippen LogP) is 6.28. The van der Waals surface area contributed by atoms with Gasteiger partial charge in [0.2, 0.25) is 0 Å². The highest BCUT2D eigenvalue weighted by Gasteiger charge is 2.25. The first-order chi connectivity index (χ1) is 14.7. The fourth-order valence-electron chi connectivity index (χ4n) is 3.87. The van der Waals surface area contributed by atoms with Gasteiger partial charge in [0.25, 0.3) is 0 Å². The van der Waals surface area contributed by atoms with Crippen molar-refractivity contribution >= 4 is 45.3 Å². The van der Waals surface area contributed by atoms with Crippen LogP contribution in [-0.4, -0.2) is 18.2 Å². The van der Waals surface area contributed by atoms with E-state index in [4.69, 9.17) is 17.0 Å². The highest BCUT2D eigenvalue weighted by molar-refractivity contribution is 7.80. The summed E-state index contributed by atoms with van der Waals surface area (Å²) in [7, 11) is 1.43. The fraction of sp³-hybridized carbons (Fsp3) is 0.250. The second kappa shape index (κ2) is 9.41. The van der Waals surface area contributed by atoms with Gasteiger partial charge < -0.3 is 15.4 Å². The second-order valence-electron chi connectivity index (χ2n) is 7.25. The lowest BCUT2D eigenvalue weighted by Gasteiger charge is -2.14. The van der Waals surface area contributed by atoms with Gasteiger partial charge in [-0.05, 0) is 55.1 Å². The van der Waals surface area contributed by atoms with Gasteiger partial charge in [-0.25, -0.2) is 4.79 Å². The molecule has 0 amide bonds. The van der Waals surface area contributed by atoms with Gasteiger partial charge in [0.05, 0.1) is 12.7 Å². The minimum atomic E-state index is -0.301. The maximum absolute atomic E-state index is 12.5. The Balaban J connectivity index is 1.59. The normalized spacial score (nSPS) is 13.1. The number of hydrogen-bond acceptors (Lipinski definition) is 4. The highest BCUT2D eigenvalue weighted by Crippen LogP contribution is 2.38. The lowest BCUT2D eigenvalue weighted by Crippen LogP contribution is -2.20. The van der Waals surface area contributed by atoms with Gasteiger partial charge in [-0.15, -0.1) is 11.3 Å². The molecule has 1 aliphatic carbocycles. The number of thiophene rings is 1. The maximum atomic E-state index is 12.5. The summed E-state index contributed by atoms with van der Waals surface area (Å²) in [5.41, 5.74) is 4.86. The van der Waals surface area contributed by atoms with E-state index in [2.05, 4.69) is 28.8 Å². The summed E-state index contributed by atoms with van der Waals surface area (Å²) in [5, 5.41) is 7.80. The molecule has 2 N–H and O–H groups in total. The Kier molecular flexibility index (Phi) is 6.45. The number of methoxy groups -OCH3 is 1. The lowest BCUT2D eigenvalue weighted by molar-refractivity contribution is 0.0601. The molecule has 0 saturated carbocycles. The number of hydrogen-bond donors (Lipinski definition) is 2. The van der Waals surface area contributed by atoms with Crippen molar-refractivity contribution < 1.29 is 9.53 Å². The Hall–Kier alpha value is -2.70. The average Bonchev–Trinajstić information content (AvgIpc) is 2.94. The van der Waals surface area contributed by atoms with Crippen molar-refractivity contribution in [3.8, 4) is 11.1 Å². The van der Waals surface area contributed by atoms with E-state index in [0.29, 0.717) is 10.7 Å². The number of ether oxygens (including phenoxy) is 1. The van der Waals surface area contributed by atoms with Gasteiger partial charge >= 0.3 is 5.97 Å². The largest absolute Gasteiger partial charge is 0.465 e. The SMILES string of the molecule is COC(=O)c1c(NC(=S)Nc2ccccc2-c2ccccc2)sc2c1CCCCC2. The van der Waals surface area contributed by atoms with Crippen LogP contribution in [0.25, 0.3) is 11.1 Å². The van der Waals surface area contributed by atoms with Crippen molar-refractivity contribution in [3.05, 3.63) is 70.6 Å². The van der Waals surface area contributed by atoms with Gasteiger partial charge in [-0.3, -0.25) is 0 Å². The monoisotopic (exact) mass is 436 g/mol. The number of nitrogens with one attached hydrogen (secondary N) is 2. The molecule has 4 nitrogen and oxygen atoms in total. The molecule has 0 aliphatic heterocycles. The molecule has 4 rings (SSSR count). The number of anilines is 2. The quantitative estimate of drug-likeness (QED) is 0.286. The van der Waals surface area contributed by atoms with E-state index in [1.807, 2.05) is 36.4 Å². The number of thiocarbonyl (C=S) groups is 1. The predicted molar refractivity (Wildman–Crippen MR) is 129 cm³/mol. The van der Waals surface area contributed by atoms with Crippen molar-refractivity contribution in [2.45, 2.75) is 32.1 Å². The summed E-state index contributed by atoms with van der Waals surface area (Å²) in [6.45, 7) is 0. The van der Waals surface area contributed by atoms with Crippen LogP contribution in [0, 0.1) is 0 Å². The zero-order valence-corrected chi connectivity index (χ0v) is 18.5. The summed E-state index contributed by atoms with van der Waals surface area (Å²) in [5.74, 6) is -0.301. The van der Waals surface area contributed by atoms with Gasteiger partial charge in [0.1, 0.15) is 5.00 Å². The molecule has 1 heterocycles. The highest BCUT2D eigenvalue weighted by atomic mass is 32.1. The fourth-order valence-corrected chi connectivity index (χ4v) is 5.43. The van der Waals surface area contributed by atoms with E-state index in [9.17, 15) is 4.79 Å². The first-order valence-electron chi connectivity index (χ1n) is 10.1. The third kappa shape index (κ3) is 4.40.